The molecule has 1 rings (SSSR count). The smallest absolute Gasteiger partial charge is 0.152 e. The maximum atomic E-state index is 13.3. The van der Waals surface area contributed by atoms with Crippen molar-refractivity contribution in [1.82, 2.24) is 0 Å². The van der Waals surface area contributed by atoms with E-state index in [4.69, 9.17) is 11.6 Å². The van der Waals surface area contributed by atoms with E-state index in [1.54, 1.807) is 13.3 Å². The molecule has 1 aromatic rings. The monoisotopic (exact) mass is 211 g/mol. The third-order valence-corrected chi connectivity index (χ3v) is 2.52. The molecule has 0 amide bonds. The van der Waals surface area contributed by atoms with Crippen LogP contribution in [0.15, 0.2) is 12.1 Å². The molecule has 0 bridgehead atoms. The van der Waals surface area contributed by atoms with Crippen LogP contribution < -0.4 is 5.46 Å². The van der Waals surface area contributed by atoms with Gasteiger partial charge in [0.2, 0.25) is 0 Å². The third-order valence-electron chi connectivity index (χ3n) is 2.25. The van der Waals surface area contributed by atoms with E-state index in [1.807, 2.05) is 12.9 Å². The summed E-state index contributed by atoms with van der Waals surface area (Å²) in [4.78, 5) is 0. The van der Waals surface area contributed by atoms with Crippen LogP contribution >= 0.6 is 11.6 Å². The molecule has 3 heteroatoms. The lowest BCUT2D eigenvalue weighted by Gasteiger charge is -2.06. The molecule has 1 radical (unpaired) electrons. The average Bonchev–Trinajstić information content (AvgIpc) is 2.19. The van der Waals surface area contributed by atoms with Crippen LogP contribution in [0.5, 0.6) is 0 Å². The number of aryl methyl sites for hydroxylation is 1. The van der Waals surface area contributed by atoms with Crippen LogP contribution in [0.4, 0.5) is 4.39 Å². The number of unbranched alkanes of at least 4 members (excludes halogenated alkanes) is 1. The van der Waals surface area contributed by atoms with Gasteiger partial charge >= 0.3 is 0 Å². The molecule has 0 nitrogen and oxygen atoms in total. The Kier molecular flexibility index (Phi) is 4.47. The Morgan fingerprint density at radius 2 is 2.14 bits per heavy atom. The zero-order valence-electron chi connectivity index (χ0n) is 8.61. The van der Waals surface area contributed by atoms with E-state index >= 15 is 0 Å². The maximum Gasteiger partial charge on any atom is 0.152 e. The molecule has 0 saturated carbocycles. The minimum Gasteiger partial charge on any atom is -0.206 e. The SMILES string of the molecule is C[B]c1cc(CCCC)cc(Cl)c1F. The van der Waals surface area contributed by atoms with Crippen molar-refractivity contribution in [3.8, 4) is 0 Å². The number of rotatable bonds is 4. The highest BCUT2D eigenvalue weighted by molar-refractivity contribution is 6.52. The van der Waals surface area contributed by atoms with Gasteiger partial charge in [0, 0.05) is 0 Å². The Morgan fingerprint density at radius 3 is 2.71 bits per heavy atom. The van der Waals surface area contributed by atoms with Gasteiger partial charge in [-0.2, -0.15) is 0 Å². The molecular formula is C11H14BClF. The van der Waals surface area contributed by atoms with Crippen molar-refractivity contribution in [2.24, 2.45) is 0 Å². The van der Waals surface area contributed by atoms with Crippen molar-refractivity contribution in [2.45, 2.75) is 33.0 Å². The summed E-state index contributed by atoms with van der Waals surface area (Å²) < 4.78 is 13.3. The van der Waals surface area contributed by atoms with E-state index in [9.17, 15) is 4.39 Å². The molecule has 0 unspecified atom stereocenters. The molecule has 14 heavy (non-hydrogen) atoms. The van der Waals surface area contributed by atoms with Gasteiger partial charge in [0.1, 0.15) is 5.82 Å². The van der Waals surface area contributed by atoms with Gasteiger partial charge in [-0.05, 0) is 24.5 Å². The molecule has 75 valence electrons. The van der Waals surface area contributed by atoms with Crippen molar-refractivity contribution in [2.75, 3.05) is 0 Å². The first-order valence-electron chi connectivity index (χ1n) is 4.96. The van der Waals surface area contributed by atoms with Crippen molar-refractivity contribution >= 4 is 24.3 Å². The lowest BCUT2D eigenvalue weighted by molar-refractivity contribution is 0.635. The zero-order chi connectivity index (χ0) is 10.6. The number of benzene rings is 1. The maximum absolute atomic E-state index is 13.3. The standard InChI is InChI=1S/C11H14BClF/c1-3-4-5-8-6-9(12-2)11(14)10(13)7-8/h6-7H,3-5H2,1-2H3. The fourth-order valence-electron chi connectivity index (χ4n) is 1.40. The van der Waals surface area contributed by atoms with E-state index in [1.165, 1.54) is 0 Å². The molecule has 0 atom stereocenters. The highest BCUT2D eigenvalue weighted by Gasteiger charge is 2.07. The first kappa shape index (κ1) is 11.6. The Balaban J connectivity index is 2.91. The lowest BCUT2D eigenvalue weighted by atomic mass is 9.72. The lowest BCUT2D eigenvalue weighted by Crippen LogP contribution is -2.17. The highest BCUT2D eigenvalue weighted by Crippen LogP contribution is 2.16. The second-order valence-electron chi connectivity index (χ2n) is 3.37. The number of hydrogen-bond acceptors (Lipinski definition) is 0. The van der Waals surface area contributed by atoms with Crippen LogP contribution in [0.25, 0.3) is 0 Å². The van der Waals surface area contributed by atoms with Gasteiger partial charge in [0.15, 0.2) is 7.28 Å². The average molecular weight is 211 g/mol. The van der Waals surface area contributed by atoms with E-state index in [-0.39, 0.29) is 10.8 Å². The van der Waals surface area contributed by atoms with Crippen LogP contribution in [0, 0.1) is 5.82 Å². The van der Waals surface area contributed by atoms with Gasteiger partial charge in [0.25, 0.3) is 0 Å². The van der Waals surface area contributed by atoms with Crippen LogP contribution in [0.1, 0.15) is 25.3 Å². The summed E-state index contributed by atoms with van der Waals surface area (Å²) in [6, 6.07) is 3.59. The second-order valence-corrected chi connectivity index (χ2v) is 3.78. The molecule has 0 spiro atoms. The van der Waals surface area contributed by atoms with Crippen molar-refractivity contribution in [3.05, 3.63) is 28.5 Å². The van der Waals surface area contributed by atoms with E-state index < -0.39 is 0 Å². The predicted molar refractivity (Wildman–Crippen MR) is 61.3 cm³/mol. The summed E-state index contributed by atoms with van der Waals surface area (Å²) in [5.74, 6) is -0.311. The van der Waals surface area contributed by atoms with Gasteiger partial charge in [-0.1, -0.05) is 43.3 Å². The quantitative estimate of drug-likeness (QED) is 0.671. The number of hydrogen-bond donors (Lipinski definition) is 0. The summed E-state index contributed by atoms with van der Waals surface area (Å²) in [6.07, 6.45) is 3.22. The Labute approximate surface area is 90.7 Å². The minimum atomic E-state index is -0.311. The molecule has 0 fully saturated rings. The largest absolute Gasteiger partial charge is 0.206 e. The second kappa shape index (κ2) is 5.40. The molecule has 0 heterocycles. The summed E-state index contributed by atoms with van der Waals surface area (Å²) in [5, 5.41) is 0.228. The fourth-order valence-corrected chi connectivity index (χ4v) is 1.65. The van der Waals surface area contributed by atoms with Crippen molar-refractivity contribution < 1.29 is 4.39 Å². The normalized spacial score (nSPS) is 10.3. The van der Waals surface area contributed by atoms with Gasteiger partial charge < -0.3 is 0 Å². The molecule has 0 aliphatic carbocycles. The molecule has 0 saturated heterocycles. The Morgan fingerprint density at radius 1 is 1.43 bits per heavy atom. The topological polar surface area (TPSA) is 0 Å². The molecule has 0 aliphatic rings. The van der Waals surface area contributed by atoms with Crippen LogP contribution in [-0.4, -0.2) is 7.28 Å². The van der Waals surface area contributed by atoms with Gasteiger partial charge in [-0.25, -0.2) is 4.39 Å². The van der Waals surface area contributed by atoms with Crippen molar-refractivity contribution in [1.29, 1.82) is 0 Å². The summed E-state index contributed by atoms with van der Waals surface area (Å²) in [6.45, 7) is 3.95. The first-order valence-corrected chi connectivity index (χ1v) is 5.34. The molecule has 0 aromatic heterocycles. The summed E-state index contributed by atoms with van der Waals surface area (Å²) in [5.41, 5.74) is 1.72. The van der Waals surface area contributed by atoms with Crippen LogP contribution in [-0.2, 0) is 6.42 Å². The molecule has 0 aliphatic heterocycles. The molecular weight excluding hydrogens is 197 g/mol. The van der Waals surface area contributed by atoms with Gasteiger partial charge in [0.05, 0.1) is 5.02 Å². The van der Waals surface area contributed by atoms with Gasteiger partial charge in [-0.3, -0.25) is 0 Å². The van der Waals surface area contributed by atoms with Crippen LogP contribution in [0.2, 0.25) is 11.8 Å². The summed E-state index contributed by atoms with van der Waals surface area (Å²) in [7, 11) is 1.75. The van der Waals surface area contributed by atoms with E-state index in [0.29, 0.717) is 5.46 Å². The van der Waals surface area contributed by atoms with Crippen LogP contribution in [0.3, 0.4) is 0 Å². The molecule has 0 N–H and O–H groups in total. The minimum absolute atomic E-state index is 0.228. The number of halogens is 2. The van der Waals surface area contributed by atoms with Gasteiger partial charge in [-0.15, -0.1) is 0 Å². The van der Waals surface area contributed by atoms with E-state index in [0.717, 1.165) is 24.8 Å². The predicted octanol–water partition coefficient (Wildman–Crippen LogP) is 3.20. The third kappa shape index (κ3) is 2.75. The van der Waals surface area contributed by atoms with E-state index in [2.05, 4.69) is 6.92 Å². The van der Waals surface area contributed by atoms with Crippen molar-refractivity contribution in [3.63, 3.8) is 0 Å². The summed E-state index contributed by atoms with van der Waals surface area (Å²) >= 11 is 5.78. The highest BCUT2D eigenvalue weighted by atomic mass is 35.5. The Bertz CT molecular complexity index is 312. The molecule has 1 aromatic carbocycles. The Hall–Kier alpha value is -0.495. The first-order chi connectivity index (χ1) is 6.69. The zero-order valence-corrected chi connectivity index (χ0v) is 9.37. The fraction of sp³-hybridized carbons (Fsp3) is 0.455.